The number of benzene rings is 1. The highest BCUT2D eigenvalue weighted by Gasteiger charge is 2.18. The number of hydrogen-bond acceptors (Lipinski definition) is 2. The van der Waals surface area contributed by atoms with Gasteiger partial charge in [0.2, 0.25) is 0 Å². The maximum Gasteiger partial charge on any atom is 0.256 e. The summed E-state index contributed by atoms with van der Waals surface area (Å²) in [5.41, 5.74) is 0. The van der Waals surface area contributed by atoms with Crippen molar-refractivity contribution in [2.45, 2.75) is 4.90 Å². The SMILES string of the molecule is CN(Cl)S(=O)(=O)c1cccc(Cl)c1. The minimum Gasteiger partial charge on any atom is -0.206 e. The lowest BCUT2D eigenvalue weighted by Gasteiger charge is -2.08. The summed E-state index contributed by atoms with van der Waals surface area (Å²) in [4.78, 5) is 0.0810. The molecular weight excluding hydrogens is 233 g/mol. The van der Waals surface area contributed by atoms with E-state index < -0.39 is 10.0 Å². The molecule has 0 unspecified atom stereocenters. The molecule has 0 radical (unpaired) electrons. The topological polar surface area (TPSA) is 37.4 Å². The van der Waals surface area contributed by atoms with E-state index in [4.69, 9.17) is 23.4 Å². The van der Waals surface area contributed by atoms with Gasteiger partial charge < -0.3 is 0 Å². The second-order valence-corrected chi connectivity index (χ2v) is 5.47. The van der Waals surface area contributed by atoms with Gasteiger partial charge in [0.05, 0.1) is 4.90 Å². The van der Waals surface area contributed by atoms with Gasteiger partial charge in [0, 0.05) is 12.1 Å². The van der Waals surface area contributed by atoms with Crippen LogP contribution in [0.3, 0.4) is 0 Å². The minimum absolute atomic E-state index is 0.0810. The quantitative estimate of drug-likeness (QED) is 0.742. The third-order valence-corrected chi connectivity index (χ3v) is 3.72. The Bertz CT molecular complexity index is 403. The molecule has 0 saturated carbocycles. The van der Waals surface area contributed by atoms with Crippen LogP contribution in [-0.2, 0) is 10.0 Å². The molecule has 0 aliphatic rings. The van der Waals surface area contributed by atoms with Gasteiger partial charge in [-0.2, -0.15) is 0 Å². The van der Waals surface area contributed by atoms with Crippen molar-refractivity contribution in [1.29, 1.82) is 0 Å². The molecule has 13 heavy (non-hydrogen) atoms. The summed E-state index contributed by atoms with van der Waals surface area (Å²) in [7, 11) is -2.34. The third-order valence-electron chi connectivity index (χ3n) is 1.43. The van der Waals surface area contributed by atoms with Gasteiger partial charge in [-0.05, 0) is 30.0 Å². The molecule has 0 N–H and O–H groups in total. The monoisotopic (exact) mass is 239 g/mol. The summed E-state index contributed by atoms with van der Waals surface area (Å²) >= 11 is 11.0. The van der Waals surface area contributed by atoms with Crippen LogP contribution in [0.5, 0.6) is 0 Å². The van der Waals surface area contributed by atoms with E-state index in [1.54, 1.807) is 12.1 Å². The number of hydrogen-bond donors (Lipinski definition) is 0. The fourth-order valence-corrected chi connectivity index (χ4v) is 2.08. The molecule has 1 aromatic carbocycles. The Morgan fingerprint density at radius 2 is 2.00 bits per heavy atom. The molecular formula is C7H7Cl2NO2S. The van der Waals surface area contributed by atoms with Crippen LogP contribution >= 0.6 is 23.4 Å². The molecule has 0 bridgehead atoms. The van der Waals surface area contributed by atoms with Crippen molar-refractivity contribution in [2.24, 2.45) is 0 Å². The van der Waals surface area contributed by atoms with Crippen molar-refractivity contribution < 1.29 is 8.42 Å². The highest BCUT2D eigenvalue weighted by Crippen LogP contribution is 2.19. The van der Waals surface area contributed by atoms with Gasteiger partial charge >= 0.3 is 0 Å². The van der Waals surface area contributed by atoms with E-state index in [0.29, 0.717) is 8.85 Å². The zero-order chi connectivity index (χ0) is 10.1. The molecule has 0 atom stereocenters. The first-order valence-corrected chi connectivity index (χ1v) is 5.50. The largest absolute Gasteiger partial charge is 0.256 e. The van der Waals surface area contributed by atoms with E-state index >= 15 is 0 Å². The van der Waals surface area contributed by atoms with Crippen molar-refractivity contribution in [3.8, 4) is 0 Å². The normalized spacial score (nSPS) is 12.0. The number of rotatable bonds is 2. The van der Waals surface area contributed by atoms with Crippen molar-refractivity contribution in [2.75, 3.05) is 7.05 Å². The molecule has 0 saturated heterocycles. The summed E-state index contributed by atoms with van der Waals surface area (Å²) < 4.78 is 23.5. The summed E-state index contributed by atoms with van der Waals surface area (Å²) in [6.07, 6.45) is 0. The molecule has 1 rings (SSSR count). The molecule has 6 heteroatoms. The Morgan fingerprint density at radius 1 is 1.38 bits per heavy atom. The van der Waals surface area contributed by atoms with Crippen molar-refractivity contribution in [1.82, 2.24) is 3.82 Å². The standard InChI is InChI=1S/C7H7Cl2NO2S/c1-10(9)13(11,12)7-4-2-3-6(8)5-7/h2-5H,1H3. The first-order chi connectivity index (χ1) is 5.94. The van der Waals surface area contributed by atoms with Gasteiger partial charge in [-0.1, -0.05) is 17.7 Å². The molecule has 1 aromatic rings. The van der Waals surface area contributed by atoms with Crippen LogP contribution in [0, 0.1) is 0 Å². The predicted octanol–water partition coefficient (Wildman–Crippen LogP) is 2.11. The fourth-order valence-electron chi connectivity index (χ4n) is 0.773. The van der Waals surface area contributed by atoms with E-state index in [1.165, 1.54) is 19.2 Å². The van der Waals surface area contributed by atoms with Gasteiger partial charge in [0.25, 0.3) is 10.0 Å². The van der Waals surface area contributed by atoms with Gasteiger partial charge in [-0.15, -0.1) is 3.82 Å². The molecule has 0 heterocycles. The van der Waals surface area contributed by atoms with Gasteiger partial charge in [0.1, 0.15) is 0 Å². The zero-order valence-corrected chi connectivity index (χ0v) is 9.07. The predicted molar refractivity (Wildman–Crippen MR) is 52.3 cm³/mol. The highest BCUT2D eigenvalue weighted by molar-refractivity contribution is 7.90. The Labute approximate surface area is 87.0 Å². The Balaban J connectivity index is 3.24. The van der Waals surface area contributed by atoms with Crippen LogP contribution in [-0.4, -0.2) is 19.3 Å². The van der Waals surface area contributed by atoms with E-state index in [-0.39, 0.29) is 4.90 Å². The lowest BCUT2D eigenvalue weighted by molar-refractivity contribution is 0.561. The molecule has 0 fully saturated rings. The lowest BCUT2D eigenvalue weighted by atomic mass is 10.4. The fraction of sp³-hybridized carbons (Fsp3) is 0.143. The smallest absolute Gasteiger partial charge is 0.206 e. The summed E-state index contributed by atoms with van der Waals surface area (Å²) in [6.45, 7) is 0. The average Bonchev–Trinajstić information content (AvgIpc) is 2.04. The lowest BCUT2D eigenvalue weighted by Crippen LogP contribution is -2.16. The van der Waals surface area contributed by atoms with Gasteiger partial charge in [-0.25, -0.2) is 8.42 Å². The van der Waals surface area contributed by atoms with E-state index in [1.807, 2.05) is 0 Å². The Hall–Kier alpha value is -0.290. The molecule has 0 aliphatic heterocycles. The maximum absolute atomic E-state index is 11.4. The molecule has 72 valence electrons. The number of halogens is 2. The number of sulfonamides is 1. The van der Waals surface area contributed by atoms with Crippen LogP contribution < -0.4 is 0 Å². The Morgan fingerprint density at radius 3 is 2.46 bits per heavy atom. The maximum atomic E-state index is 11.4. The second kappa shape index (κ2) is 3.84. The van der Waals surface area contributed by atoms with Crippen LogP contribution in [0.1, 0.15) is 0 Å². The van der Waals surface area contributed by atoms with Gasteiger partial charge in [-0.3, -0.25) is 0 Å². The molecule has 3 nitrogen and oxygen atoms in total. The van der Waals surface area contributed by atoms with Crippen LogP contribution in [0.15, 0.2) is 29.2 Å². The van der Waals surface area contributed by atoms with Crippen molar-refractivity contribution >= 4 is 33.4 Å². The molecule has 0 spiro atoms. The summed E-state index contributed by atoms with van der Waals surface area (Å²) in [5, 5.41) is 0.361. The number of nitrogens with zero attached hydrogens (tertiary/aromatic N) is 1. The third kappa shape index (κ3) is 2.34. The first kappa shape index (κ1) is 10.8. The summed E-state index contributed by atoms with van der Waals surface area (Å²) in [6, 6.07) is 5.92. The van der Waals surface area contributed by atoms with Gasteiger partial charge in [0.15, 0.2) is 0 Å². The van der Waals surface area contributed by atoms with Crippen molar-refractivity contribution in [3.63, 3.8) is 0 Å². The summed E-state index contributed by atoms with van der Waals surface area (Å²) in [5.74, 6) is 0. The van der Waals surface area contributed by atoms with Crippen molar-refractivity contribution in [3.05, 3.63) is 29.3 Å². The van der Waals surface area contributed by atoms with E-state index in [0.717, 1.165) is 0 Å². The minimum atomic E-state index is -3.59. The zero-order valence-electron chi connectivity index (χ0n) is 6.74. The van der Waals surface area contributed by atoms with Crippen LogP contribution in [0.2, 0.25) is 5.02 Å². The van der Waals surface area contributed by atoms with E-state index in [2.05, 4.69) is 0 Å². The second-order valence-electron chi connectivity index (χ2n) is 2.35. The van der Waals surface area contributed by atoms with Crippen LogP contribution in [0.4, 0.5) is 0 Å². The average molecular weight is 240 g/mol. The highest BCUT2D eigenvalue weighted by atomic mass is 35.5. The molecule has 0 amide bonds. The first-order valence-electron chi connectivity index (χ1n) is 3.35. The Kier molecular flexibility index (Phi) is 3.18. The molecule has 0 aliphatic carbocycles. The van der Waals surface area contributed by atoms with Crippen LogP contribution in [0.25, 0.3) is 0 Å². The van der Waals surface area contributed by atoms with E-state index in [9.17, 15) is 8.42 Å². The molecule has 0 aromatic heterocycles.